The van der Waals surface area contributed by atoms with Gasteiger partial charge in [0, 0.05) is 12.1 Å². The van der Waals surface area contributed by atoms with Gasteiger partial charge in [-0.15, -0.1) is 0 Å². The van der Waals surface area contributed by atoms with Gasteiger partial charge >= 0.3 is 0 Å². The molecule has 0 heterocycles. The fraction of sp³-hybridized carbons (Fsp3) is 1.00. The molecule has 0 radical (unpaired) electrons. The molecule has 4 saturated carbocycles. The van der Waals surface area contributed by atoms with Crippen molar-refractivity contribution < 1.29 is 0 Å². The van der Waals surface area contributed by atoms with E-state index in [1.165, 1.54) is 44.9 Å². The van der Waals surface area contributed by atoms with Crippen LogP contribution in [0.25, 0.3) is 0 Å². The molecule has 1 unspecified atom stereocenters. The molecule has 0 aromatic carbocycles. The standard InChI is InChI=1S/C14H26N2/c1-13(16,9-15)8-14-5-10-2-11(6-14)4-12(3-10)7-14/h10-12H,2-9,15-16H2,1H3. The minimum absolute atomic E-state index is 0.133. The van der Waals surface area contributed by atoms with Gasteiger partial charge in [-0.3, -0.25) is 0 Å². The molecule has 4 bridgehead atoms. The van der Waals surface area contributed by atoms with E-state index >= 15 is 0 Å². The predicted octanol–water partition coefficient (Wildman–Crippen LogP) is 2.27. The van der Waals surface area contributed by atoms with E-state index in [0.717, 1.165) is 17.8 Å². The third kappa shape index (κ3) is 1.80. The predicted molar refractivity (Wildman–Crippen MR) is 66.9 cm³/mol. The SMILES string of the molecule is CC(N)(CN)CC12CC3CC(CC(C3)C1)C2. The highest BCUT2D eigenvalue weighted by Gasteiger charge is 2.52. The van der Waals surface area contributed by atoms with E-state index in [0.29, 0.717) is 12.0 Å². The molecule has 4 fully saturated rings. The molecule has 0 aromatic rings. The first-order chi connectivity index (χ1) is 7.50. The van der Waals surface area contributed by atoms with Gasteiger partial charge in [-0.25, -0.2) is 0 Å². The Morgan fingerprint density at radius 3 is 1.88 bits per heavy atom. The zero-order chi connectivity index (χ0) is 11.4. The van der Waals surface area contributed by atoms with Crippen LogP contribution in [0, 0.1) is 23.2 Å². The average molecular weight is 222 g/mol. The fourth-order valence-electron chi connectivity index (χ4n) is 5.44. The number of hydrogen-bond donors (Lipinski definition) is 2. The van der Waals surface area contributed by atoms with Crippen LogP contribution in [0.5, 0.6) is 0 Å². The van der Waals surface area contributed by atoms with Gasteiger partial charge in [0.05, 0.1) is 0 Å². The van der Waals surface area contributed by atoms with Crippen molar-refractivity contribution >= 4 is 0 Å². The fourth-order valence-corrected chi connectivity index (χ4v) is 5.44. The summed E-state index contributed by atoms with van der Waals surface area (Å²) in [4.78, 5) is 0. The van der Waals surface area contributed by atoms with Gasteiger partial charge in [0.15, 0.2) is 0 Å². The van der Waals surface area contributed by atoms with E-state index in [2.05, 4.69) is 6.92 Å². The zero-order valence-electron chi connectivity index (χ0n) is 10.5. The van der Waals surface area contributed by atoms with Gasteiger partial charge in [0.25, 0.3) is 0 Å². The highest BCUT2D eigenvalue weighted by molar-refractivity contribution is 5.04. The minimum Gasteiger partial charge on any atom is -0.329 e. The molecule has 2 nitrogen and oxygen atoms in total. The van der Waals surface area contributed by atoms with Crippen LogP contribution in [0.15, 0.2) is 0 Å². The van der Waals surface area contributed by atoms with Crippen LogP contribution in [0.2, 0.25) is 0 Å². The van der Waals surface area contributed by atoms with Crippen molar-refractivity contribution in [1.82, 2.24) is 0 Å². The van der Waals surface area contributed by atoms with Gasteiger partial charge in [-0.2, -0.15) is 0 Å². The summed E-state index contributed by atoms with van der Waals surface area (Å²) in [5.74, 6) is 3.08. The van der Waals surface area contributed by atoms with Crippen LogP contribution in [-0.4, -0.2) is 12.1 Å². The Morgan fingerprint density at radius 2 is 1.50 bits per heavy atom. The lowest BCUT2D eigenvalue weighted by Crippen LogP contribution is -2.53. The van der Waals surface area contributed by atoms with Crippen LogP contribution >= 0.6 is 0 Å². The molecule has 4 rings (SSSR count). The second-order valence-corrected chi connectivity index (χ2v) is 7.45. The molecule has 0 aromatic heterocycles. The molecule has 0 saturated heterocycles. The quantitative estimate of drug-likeness (QED) is 0.769. The second-order valence-electron chi connectivity index (χ2n) is 7.45. The maximum Gasteiger partial charge on any atom is 0.0255 e. The van der Waals surface area contributed by atoms with Crippen molar-refractivity contribution in [3.63, 3.8) is 0 Å². The summed E-state index contributed by atoms with van der Waals surface area (Å²) in [5.41, 5.74) is 12.6. The largest absolute Gasteiger partial charge is 0.329 e. The minimum atomic E-state index is -0.133. The van der Waals surface area contributed by atoms with Crippen molar-refractivity contribution in [3.05, 3.63) is 0 Å². The Labute approximate surface area is 99.1 Å². The monoisotopic (exact) mass is 222 g/mol. The van der Waals surface area contributed by atoms with Crippen LogP contribution < -0.4 is 11.5 Å². The van der Waals surface area contributed by atoms with E-state index < -0.39 is 0 Å². The number of rotatable bonds is 3. The van der Waals surface area contributed by atoms with E-state index in [1.807, 2.05) is 0 Å². The molecule has 0 amide bonds. The highest BCUT2D eigenvalue weighted by Crippen LogP contribution is 2.62. The highest BCUT2D eigenvalue weighted by atomic mass is 14.8. The van der Waals surface area contributed by atoms with E-state index in [9.17, 15) is 0 Å². The summed E-state index contributed by atoms with van der Waals surface area (Å²) in [6.07, 6.45) is 10.1. The Morgan fingerprint density at radius 1 is 1.06 bits per heavy atom. The van der Waals surface area contributed by atoms with Crippen molar-refractivity contribution in [2.45, 2.75) is 57.4 Å². The first kappa shape index (κ1) is 11.0. The van der Waals surface area contributed by atoms with Gasteiger partial charge in [0.1, 0.15) is 0 Å². The molecule has 4 aliphatic carbocycles. The summed E-state index contributed by atoms with van der Waals surface area (Å²) >= 11 is 0. The molecular formula is C14H26N2. The zero-order valence-corrected chi connectivity index (χ0v) is 10.5. The Hall–Kier alpha value is -0.0800. The van der Waals surface area contributed by atoms with E-state index in [4.69, 9.17) is 11.5 Å². The van der Waals surface area contributed by atoms with Crippen LogP contribution in [0.3, 0.4) is 0 Å². The maximum absolute atomic E-state index is 6.31. The van der Waals surface area contributed by atoms with Gasteiger partial charge in [-0.05, 0) is 75.0 Å². The summed E-state index contributed by atoms with van der Waals surface area (Å²) in [7, 11) is 0. The van der Waals surface area contributed by atoms with Crippen molar-refractivity contribution in [3.8, 4) is 0 Å². The molecule has 4 aliphatic rings. The normalized spacial score (nSPS) is 49.3. The van der Waals surface area contributed by atoms with E-state index in [-0.39, 0.29) is 5.54 Å². The van der Waals surface area contributed by atoms with Gasteiger partial charge < -0.3 is 11.5 Å². The molecule has 0 aliphatic heterocycles. The molecular weight excluding hydrogens is 196 g/mol. The Balaban J connectivity index is 1.78. The summed E-state index contributed by atoms with van der Waals surface area (Å²) < 4.78 is 0. The van der Waals surface area contributed by atoms with Gasteiger partial charge in [0.2, 0.25) is 0 Å². The Bertz CT molecular complexity index is 247. The third-order valence-electron chi connectivity index (χ3n) is 5.41. The lowest BCUT2D eigenvalue weighted by atomic mass is 9.47. The van der Waals surface area contributed by atoms with Gasteiger partial charge in [-0.1, -0.05) is 0 Å². The van der Waals surface area contributed by atoms with Crippen molar-refractivity contribution in [1.29, 1.82) is 0 Å². The van der Waals surface area contributed by atoms with Crippen LogP contribution in [0.4, 0.5) is 0 Å². The third-order valence-corrected chi connectivity index (χ3v) is 5.41. The molecule has 1 atom stereocenters. The smallest absolute Gasteiger partial charge is 0.0255 e. The first-order valence-electron chi connectivity index (χ1n) is 6.99. The summed E-state index contributed by atoms with van der Waals surface area (Å²) in [6.45, 7) is 2.78. The van der Waals surface area contributed by atoms with Crippen LogP contribution in [-0.2, 0) is 0 Å². The molecule has 4 N–H and O–H groups in total. The summed E-state index contributed by atoms with van der Waals surface area (Å²) in [5, 5.41) is 0. The van der Waals surface area contributed by atoms with Crippen molar-refractivity contribution in [2.75, 3.05) is 6.54 Å². The topological polar surface area (TPSA) is 52.0 Å². The lowest BCUT2D eigenvalue weighted by molar-refractivity contribution is -0.0662. The summed E-state index contributed by atoms with van der Waals surface area (Å²) in [6, 6.07) is 0. The average Bonchev–Trinajstić information content (AvgIpc) is 2.13. The second kappa shape index (κ2) is 3.46. The van der Waals surface area contributed by atoms with Crippen LogP contribution in [0.1, 0.15) is 51.9 Å². The molecule has 92 valence electrons. The number of nitrogens with two attached hydrogens (primary N) is 2. The molecule has 2 heteroatoms. The first-order valence-corrected chi connectivity index (χ1v) is 6.99. The maximum atomic E-state index is 6.31. The molecule has 16 heavy (non-hydrogen) atoms. The number of hydrogen-bond acceptors (Lipinski definition) is 2. The van der Waals surface area contributed by atoms with E-state index in [1.54, 1.807) is 0 Å². The Kier molecular flexibility index (Phi) is 2.38. The van der Waals surface area contributed by atoms with Crippen molar-refractivity contribution in [2.24, 2.45) is 34.6 Å². The lowest BCUT2D eigenvalue weighted by Gasteiger charge is -2.58. The molecule has 0 spiro atoms.